The Morgan fingerprint density at radius 1 is 1.47 bits per heavy atom. The number of hydrogen-bond donors (Lipinski definition) is 2. The van der Waals surface area contributed by atoms with Crippen molar-refractivity contribution in [1.82, 2.24) is 10.6 Å². The van der Waals surface area contributed by atoms with Crippen LogP contribution in [0.4, 0.5) is 0 Å². The van der Waals surface area contributed by atoms with E-state index in [9.17, 15) is 4.79 Å². The molecule has 2 atom stereocenters. The lowest BCUT2D eigenvalue weighted by Crippen LogP contribution is -2.42. The van der Waals surface area contributed by atoms with E-state index in [4.69, 9.17) is 4.74 Å². The number of carbonyl (C=O) groups is 1. The molecule has 1 fully saturated rings. The standard InChI is InChI=1S/C14H20N2O2.ClH/c1-11(18-13-7-3-2-4-8-13)14(17)16-10-12-6-5-9-15-12;/h2-4,7-8,11-12,15H,5-6,9-10H2,1H3,(H,16,17);1H. The zero-order chi connectivity index (χ0) is 12.8. The van der Waals surface area contributed by atoms with E-state index in [1.165, 1.54) is 6.42 Å². The van der Waals surface area contributed by atoms with Gasteiger partial charge in [-0.1, -0.05) is 18.2 Å². The highest BCUT2D eigenvalue weighted by Gasteiger charge is 2.18. The third-order valence-corrected chi connectivity index (χ3v) is 3.11. The number of carbonyl (C=O) groups excluding carboxylic acids is 1. The van der Waals surface area contributed by atoms with E-state index in [2.05, 4.69) is 10.6 Å². The molecule has 1 aliphatic heterocycles. The number of rotatable bonds is 5. The molecule has 2 N–H and O–H groups in total. The number of halogens is 1. The summed E-state index contributed by atoms with van der Waals surface area (Å²) >= 11 is 0. The van der Waals surface area contributed by atoms with Crippen molar-refractivity contribution < 1.29 is 9.53 Å². The van der Waals surface area contributed by atoms with Crippen molar-refractivity contribution in [2.24, 2.45) is 0 Å². The van der Waals surface area contributed by atoms with E-state index in [-0.39, 0.29) is 18.3 Å². The summed E-state index contributed by atoms with van der Waals surface area (Å²) in [6.45, 7) is 3.50. The zero-order valence-electron chi connectivity index (χ0n) is 11.1. The van der Waals surface area contributed by atoms with Crippen LogP contribution in [0.3, 0.4) is 0 Å². The number of nitrogens with one attached hydrogen (secondary N) is 2. The third kappa shape index (κ3) is 5.09. The van der Waals surface area contributed by atoms with Crippen LogP contribution in [0.15, 0.2) is 30.3 Å². The fourth-order valence-corrected chi connectivity index (χ4v) is 2.06. The van der Waals surface area contributed by atoms with E-state index < -0.39 is 6.10 Å². The van der Waals surface area contributed by atoms with Crippen LogP contribution < -0.4 is 15.4 Å². The smallest absolute Gasteiger partial charge is 0.260 e. The van der Waals surface area contributed by atoms with Gasteiger partial charge in [0.2, 0.25) is 0 Å². The first-order chi connectivity index (χ1) is 8.75. The fourth-order valence-electron chi connectivity index (χ4n) is 2.06. The zero-order valence-corrected chi connectivity index (χ0v) is 11.9. The summed E-state index contributed by atoms with van der Waals surface area (Å²) in [7, 11) is 0. The first kappa shape index (κ1) is 15.8. The largest absolute Gasteiger partial charge is 0.481 e. The summed E-state index contributed by atoms with van der Waals surface area (Å²) in [6.07, 6.45) is 1.86. The summed E-state index contributed by atoms with van der Waals surface area (Å²) in [5, 5.41) is 6.26. The molecule has 1 aromatic carbocycles. The molecule has 2 unspecified atom stereocenters. The SMILES string of the molecule is CC(Oc1ccccc1)C(=O)NCC1CCCN1.Cl. The van der Waals surface area contributed by atoms with E-state index in [0.29, 0.717) is 12.6 Å². The van der Waals surface area contributed by atoms with Crippen LogP contribution in [-0.4, -0.2) is 31.1 Å². The van der Waals surface area contributed by atoms with Crippen molar-refractivity contribution in [3.8, 4) is 5.75 Å². The van der Waals surface area contributed by atoms with Gasteiger partial charge < -0.3 is 15.4 Å². The second-order valence-electron chi connectivity index (χ2n) is 4.61. The summed E-state index contributed by atoms with van der Waals surface area (Å²) < 4.78 is 5.56. The lowest BCUT2D eigenvalue weighted by Gasteiger charge is -2.16. The number of benzene rings is 1. The molecule has 2 rings (SSSR count). The van der Waals surface area contributed by atoms with E-state index >= 15 is 0 Å². The van der Waals surface area contributed by atoms with Gasteiger partial charge in [0, 0.05) is 12.6 Å². The van der Waals surface area contributed by atoms with E-state index in [1.807, 2.05) is 30.3 Å². The molecule has 1 amide bonds. The Hall–Kier alpha value is -1.26. The molecular weight excluding hydrogens is 264 g/mol. The van der Waals surface area contributed by atoms with Crippen molar-refractivity contribution >= 4 is 18.3 Å². The molecule has 5 heteroatoms. The van der Waals surface area contributed by atoms with Crippen LogP contribution in [0.1, 0.15) is 19.8 Å². The van der Waals surface area contributed by atoms with Gasteiger partial charge in [-0.3, -0.25) is 4.79 Å². The van der Waals surface area contributed by atoms with Crippen molar-refractivity contribution in [2.45, 2.75) is 31.9 Å². The highest BCUT2D eigenvalue weighted by molar-refractivity contribution is 5.85. The monoisotopic (exact) mass is 284 g/mol. The van der Waals surface area contributed by atoms with Crippen molar-refractivity contribution in [2.75, 3.05) is 13.1 Å². The van der Waals surface area contributed by atoms with Gasteiger partial charge in [-0.15, -0.1) is 12.4 Å². The van der Waals surface area contributed by atoms with Crippen molar-refractivity contribution in [3.05, 3.63) is 30.3 Å². The maximum absolute atomic E-state index is 11.8. The molecule has 0 saturated carbocycles. The molecule has 19 heavy (non-hydrogen) atoms. The highest BCUT2D eigenvalue weighted by Crippen LogP contribution is 2.10. The molecule has 1 heterocycles. The van der Waals surface area contributed by atoms with Gasteiger partial charge in [-0.05, 0) is 38.4 Å². The number of para-hydroxylation sites is 1. The molecule has 4 nitrogen and oxygen atoms in total. The van der Waals surface area contributed by atoms with Gasteiger partial charge in [0.1, 0.15) is 5.75 Å². The predicted molar refractivity (Wildman–Crippen MR) is 77.8 cm³/mol. The molecule has 0 bridgehead atoms. The van der Waals surface area contributed by atoms with Gasteiger partial charge in [-0.25, -0.2) is 0 Å². The topological polar surface area (TPSA) is 50.4 Å². The van der Waals surface area contributed by atoms with Crippen LogP contribution >= 0.6 is 12.4 Å². The Morgan fingerprint density at radius 2 is 2.21 bits per heavy atom. The highest BCUT2D eigenvalue weighted by atomic mass is 35.5. The number of ether oxygens (including phenoxy) is 1. The first-order valence-corrected chi connectivity index (χ1v) is 6.48. The summed E-state index contributed by atoms with van der Waals surface area (Å²) in [6, 6.07) is 9.82. The van der Waals surface area contributed by atoms with Crippen LogP contribution in [0, 0.1) is 0 Å². The maximum Gasteiger partial charge on any atom is 0.260 e. The number of hydrogen-bond acceptors (Lipinski definition) is 3. The summed E-state index contributed by atoms with van der Waals surface area (Å²) in [5.74, 6) is 0.659. The van der Waals surface area contributed by atoms with Crippen LogP contribution in [-0.2, 0) is 4.79 Å². The van der Waals surface area contributed by atoms with Crippen molar-refractivity contribution in [1.29, 1.82) is 0 Å². The molecule has 106 valence electrons. The normalized spacial score (nSPS) is 19.3. The van der Waals surface area contributed by atoms with E-state index in [0.717, 1.165) is 18.7 Å². The Kier molecular flexibility index (Phi) is 6.67. The van der Waals surface area contributed by atoms with Gasteiger partial charge in [0.15, 0.2) is 6.10 Å². The van der Waals surface area contributed by atoms with E-state index in [1.54, 1.807) is 6.92 Å². The minimum atomic E-state index is -0.464. The Bertz CT molecular complexity index is 380. The Morgan fingerprint density at radius 3 is 2.84 bits per heavy atom. The summed E-state index contributed by atoms with van der Waals surface area (Å²) in [5.41, 5.74) is 0. The predicted octanol–water partition coefficient (Wildman–Crippen LogP) is 1.74. The van der Waals surface area contributed by atoms with Crippen molar-refractivity contribution in [3.63, 3.8) is 0 Å². The molecule has 1 aromatic rings. The second-order valence-corrected chi connectivity index (χ2v) is 4.61. The summed E-state index contributed by atoms with van der Waals surface area (Å²) in [4.78, 5) is 11.8. The Balaban J connectivity index is 0.00000180. The molecule has 0 spiro atoms. The molecule has 0 radical (unpaired) electrons. The first-order valence-electron chi connectivity index (χ1n) is 6.48. The minimum absolute atomic E-state index is 0. The fraction of sp³-hybridized carbons (Fsp3) is 0.500. The van der Waals surface area contributed by atoms with Gasteiger partial charge in [0.05, 0.1) is 0 Å². The molecule has 0 aliphatic carbocycles. The van der Waals surface area contributed by atoms with Crippen LogP contribution in [0.25, 0.3) is 0 Å². The number of amides is 1. The maximum atomic E-state index is 11.8. The third-order valence-electron chi connectivity index (χ3n) is 3.11. The molecule has 1 saturated heterocycles. The quantitative estimate of drug-likeness (QED) is 0.866. The average Bonchev–Trinajstić information content (AvgIpc) is 2.90. The molecular formula is C14H21ClN2O2. The molecule has 1 aliphatic rings. The minimum Gasteiger partial charge on any atom is -0.481 e. The lowest BCUT2D eigenvalue weighted by molar-refractivity contribution is -0.127. The second kappa shape index (κ2) is 8.02. The van der Waals surface area contributed by atoms with Crippen LogP contribution in [0.2, 0.25) is 0 Å². The van der Waals surface area contributed by atoms with Crippen LogP contribution in [0.5, 0.6) is 5.75 Å². The van der Waals surface area contributed by atoms with Gasteiger partial charge in [0.25, 0.3) is 5.91 Å². The lowest BCUT2D eigenvalue weighted by atomic mass is 10.2. The van der Waals surface area contributed by atoms with Gasteiger partial charge >= 0.3 is 0 Å². The van der Waals surface area contributed by atoms with Gasteiger partial charge in [-0.2, -0.15) is 0 Å². The molecule has 0 aromatic heterocycles. The average molecular weight is 285 g/mol. The Labute approximate surface area is 120 Å².